The zero-order chi connectivity index (χ0) is 46.2. The second kappa shape index (κ2) is 16.0. The van der Waals surface area contributed by atoms with Crippen molar-refractivity contribution in [1.29, 1.82) is 0 Å². The summed E-state index contributed by atoms with van der Waals surface area (Å²) in [5.74, 6) is 0. The first-order chi connectivity index (χ1) is 34.7. The summed E-state index contributed by atoms with van der Waals surface area (Å²) in [5, 5.41) is 4.52. The molecule has 0 saturated heterocycles. The lowest BCUT2D eigenvalue weighted by atomic mass is 9.67. The van der Waals surface area contributed by atoms with Crippen LogP contribution in [-0.2, 0) is 5.41 Å². The van der Waals surface area contributed by atoms with Gasteiger partial charge in [-0.3, -0.25) is 0 Å². The predicted molar refractivity (Wildman–Crippen MR) is 289 cm³/mol. The van der Waals surface area contributed by atoms with Crippen LogP contribution in [0, 0.1) is 0 Å². The van der Waals surface area contributed by atoms with Gasteiger partial charge in [0.05, 0.1) is 5.41 Å². The van der Waals surface area contributed by atoms with E-state index in [2.05, 4.69) is 241 Å². The zero-order valence-electron chi connectivity index (χ0n) is 38.1. The molecule has 2 aromatic heterocycles. The first kappa shape index (κ1) is 39.9. The Balaban J connectivity index is 0.895. The Morgan fingerprint density at radius 1 is 0.271 bits per heavy atom. The number of nitrogens with zero attached hydrogens (tertiary/aromatic N) is 1. The van der Waals surface area contributed by atoms with Crippen molar-refractivity contribution in [3.63, 3.8) is 0 Å². The predicted octanol–water partition coefficient (Wildman–Crippen LogP) is 18.3. The first-order valence-corrected chi connectivity index (χ1v) is 24.0. The van der Waals surface area contributed by atoms with E-state index in [0.717, 1.165) is 94.3 Å². The number of furan rings is 2. The third-order valence-corrected chi connectivity index (χ3v) is 14.6. The quantitative estimate of drug-likeness (QED) is 0.152. The van der Waals surface area contributed by atoms with E-state index >= 15 is 0 Å². The molecule has 11 aromatic carbocycles. The molecule has 0 spiro atoms. The molecule has 1 aliphatic carbocycles. The molecule has 3 nitrogen and oxygen atoms in total. The van der Waals surface area contributed by atoms with Crippen LogP contribution in [-0.4, -0.2) is 0 Å². The standard InChI is InChI=1S/C67H43NO2/c1-3-15-48(16-4-1)67(49-17-5-2-6-18-49)61-26-10-7-19-55(61)56-42-41-52(43-62(56)67)68(51-39-35-47(36-40-51)54-23-14-25-60-58-21-9-12-28-64(58)70-66(54)60)50-37-33-45(34-38-50)44-29-31-46(32-30-44)53-22-13-24-59-57-20-8-11-27-63(57)69-65(53)59/h1-43H. The Morgan fingerprint density at radius 2 is 0.671 bits per heavy atom. The number of anilines is 3. The molecular weight excluding hydrogens is 851 g/mol. The third-order valence-electron chi connectivity index (χ3n) is 14.6. The Hall–Kier alpha value is -9.18. The van der Waals surface area contributed by atoms with Crippen molar-refractivity contribution in [3.05, 3.63) is 283 Å². The van der Waals surface area contributed by atoms with Crippen LogP contribution in [0.3, 0.4) is 0 Å². The minimum absolute atomic E-state index is 0.531. The van der Waals surface area contributed by atoms with Crippen LogP contribution in [0.15, 0.2) is 270 Å². The van der Waals surface area contributed by atoms with E-state index in [1.807, 2.05) is 24.3 Å². The summed E-state index contributed by atoms with van der Waals surface area (Å²) in [6.45, 7) is 0. The number of fused-ring (bicyclic) bond motifs is 9. The Labute approximate surface area is 405 Å². The second-order valence-electron chi connectivity index (χ2n) is 18.3. The molecule has 0 N–H and O–H groups in total. The van der Waals surface area contributed by atoms with Gasteiger partial charge in [-0.15, -0.1) is 0 Å². The van der Waals surface area contributed by atoms with Gasteiger partial charge in [0.2, 0.25) is 0 Å². The van der Waals surface area contributed by atoms with Gasteiger partial charge in [-0.2, -0.15) is 0 Å². The minimum atomic E-state index is -0.531. The monoisotopic (exact) mass is 893 g/mol. The maximum absolute atomic E-state index is 6.51. The van der Waals surface area contributed by atoms with Crippen molar-refractivity contribution in [2.45, 2.75) is 5.41 Å². The van der Waals surface area contributed by atoms with E-state index in [0.29, 0.717) is 0 Å². The lowest BCUT2D eigenvalue weighted by molar-refractivity contribution is 0.669. The minimum Gasteiger partial charge on any atom is -0.455 e. The summed E-state index contributed by atoms with van der Waals surface area (Å²) in [7, 11) is 0. The van der Waals surface area contributed by atoms with E-state index in [-0.39, 0.29) is 0 Å². The summed E-state index contributed by atoms with van der Waals surface area (Å²) < 4.78 is 12.9. The van der Waals surface area contributed by atoms with Gasteiger partial charge in [-0.05, 0) is 104 Å². The highest BCUT2D eigenvalue weighted by molar-refractivity contribution is 6.10. The summed E-state index contributed by atoms with van der Waals surface area (Å²) in [5.41, 5.74) is 20.5. The normalized spacial score (nSPS) is 12.7. The van der Waals surface area contributed by atoms with Crippen molar-refractivity contribution >= 4 is 60.9 Å². The molecule has 0 aliphatic heterocycles. The van der Waals surface area contributed by atoms with E-state index < -0.39 is 5.41 Å². The van der Waals surface area contributed by atoms with E-state index in [1.165, 1.54) is 33.4 Å². The fourth-order valence-corrected chi connectivity index (χ4v) is 11.4. The van der Waals surface area contributed by atoms with Gasteiger partial charge in [-0.1, -0.05) is 212 Å². The fourth-order valence-electron chi connectivity index (χ4n) is 11.4. The van der Waals surface area contributed by atoms with E-state index in [1.54, 1.807) is 0 Å². The number of para-hydroxylation sites is 4. The molecule has 13 aromatic rings. The van der Waals surface area contributed by atoms with Gasteiger partial charge in [0, 0.05) is 49.7 Å². The molecule has 3 heteroatoms. The molecule has 0 bridgehead atoms. The molecule has 0 saturated carbocycles. The number of rotatable bonds is 8. The van der Waals surface area contributed by atoms with E-state index in [4.69, 9.17) is 8.83 Å². The maximum atomic E-state index is 6.51. The summed E-state index contributed by atoms with van der Waals surface area (Å²) >= 11 is 0. The molecular formula is C67H43NO2. The van der Waals surface area contributed by atoms with Crippen molar-refractivity contribution in [2.75, 3.05) is 4.90 Å². The van der Waals surface area contributed by atoms with Gasteiger partial charge < -0.3 is 13.7 Å². The molecule has 0 radical (unpaired) electrons. The second-order valence-corrected chi connectivity index (χ2v) is 18.3. The first-order valence-electron chi connectivity index (χ1n) is 24.0. The Kier molecular flexibility index (Phi) is 9.11. The summed E-state index contributed by atoms with van der Waals surface area (Å²) in [6.07, 6.45) is 0. The number of hydrogen-bond donors (Lipinski definition) is 0. The van der Waals surface area contributed by atoms with Crippen molar-refractivity contribution in [1.82, 2.24) is 0 Å². The lowest BCUT2D eigenvalue weighted by Crippen LogP contribution is -2.28. The van der Waals surface area contributed by atoms with Crippen LogP contribution >= 0.6 is 0 Å². The maximum Gasteiger partial charge on any atom is 0.143 e. The topological polar surface area (TPSA) is 29.5 Å². The summed E-state index contributed by atoms with van der Waals surface area (Å²) in [4.78, 5) is 2.40. The van der Waals surface area contributed by atoms with Crippen LogP contribution in [0.1, 0.15) is 22.3 Å². The van der Waals surface area contributed by atoms with Gasteiger partial charge in [-0.25, -0.2) is 0 Å². The molecule has 1 aliphatic rings. The highest BCUT2D eigenvalue weighted by atomic mass is 16.3. The number of hydrogen-bond acceptors (Lipinski definition) is 3. The highest BCUT2D eigenvalue weighted by Crippen LogP contribution is 2.57. The largest absolute Gasteiger partial charge is 0.455 e. The summed E-state index contributed by atoms with van der Waals surface area (Å²) in [6, 6.07) is 94.3. The van der Waals surface area contributed by atoms with Crippen LogP contribution in [0.25, 0.3) is 88.4 Å². The zero-order valence-corrected chi connectivity index (χ0v) is 38.1. The van der Waals surface area contributed by atoms with Crippen LogP contribution < -0.4 is 4.90 Å². The van der Waals surface area contributed by atoms with Crippen LogP contribution in [0.5, 0.6) is 0 Å². The molecule has 0 atom stereocenters. The van der Waals surface area contributed by atoms with Crippen LogP contribution in [0.2, 0.25) is 0 Å². The molecule has 70 heavy (non-hydrogen) atoms. The average Bonchev–Trinajstić information content (AvgIpc) is 4.11. The molecule has 0 amide bonds. The molecule has 14 rings (SSSR count). The Bertz CT molecular complexity index is 4050. The van der Waals surface area contributed by atoms with E-state index in [9.17, 15) is 0 Å². The molecule has 2 heterocycles. The average molecular weight is 894 g/mol. The molecule has 328 valence electrons. The Morgan fingerprint density at radius 3 is 1.23 bits per heavy atom. The third kappa shape index (κ3) is 6.15. The SMILES string of the molecule is c1ccc(C2(c3ccccc3)c3ccccc3-c3ccc(N(c4ccc(-c5ccc(-c6cccc7c6oc6ccccc67)cc5)cc4)c4ccc(-c5cccc6c5oc5ccccc56)cc4)cc32)cc1. The van der Waals surface area contributed by atoms with Gasteiger partial charge in [0.1, 0.15) is 22.3 Å². The fraction of sp³-hybridized carbons (Fsp3) is 0.0149. The van der Waals surface area contributed by atoms with Gasteiger partial charge >= 0.3 is 0 Å². The van der Waals surface area contributed by atoms with Gasteiger partial charge in [0.15, 0.2) is 0 Å². The lowest BCUT2D eigenvalue weighted by Gasteiger charge is -2.35. The van der Waals surface area contributed by atoms with Crippen LogP contribution in [0.4, 0.5) is 17.1 Å². The molecule has 0 unspecified atom stereocenters. The highest BCUT2D eigenvalue weighted by Gasteiger charge is 2.46. The molecule has 0 fully saturated rings. The van der Waals surface area contributed by atoms with Crippen molar-refractivity contribution in [3.8, 4) is 44.5 Å². The number of benzene rings is 11. The van der Waals surface area contributed by atoms with Crippen molar-refractivity contribution < 1.29 is 8.83 Å². The smallest absolute Gasteiger partial charge is 0.143 e. The van der Waals surface area contributed by atoms with Gasteiger partial charge in [0.25, 0.3) is 0 Å². The van der Waals surface area contributed by atoms with Crippen molar-refractivity contribution in [2.24, 2.45) is 0 Å².